The molecule has 0 saturated carbocycles. The highest BCUT2D eigenvalue weighted by molar-refractivity contribution is 6.12. The fraction of sp³-hybridized carbons (Fsp3) is 0. The zero-order valence-electron chi connectivity index (χ0n) is 44.5. The fourth-order valence-electron chi connectivity index (χ4n) is 11.0. The first-order valence-electron chi connectivity index (χ1n) is 26.9. The second-order valence-electron chi connectivity index (χ2n) is 19.9. The molecular weight excluding hydrogens is 1010 g/mol. The van der Waals surface area contributed by atoms with E-state index in [4.69, 9.17) is 9.97 Å². The van der Waals surface area contributed by atoms with Crippen molar-refractivity contribution < 1.29 is 0 Å². The van der Waals surface area contributed by atoms with Crippen LogP contribution in [0.4, 0.5) is 34.1 Å². The second-order valence-corrected chi connectivity index (χ2v) is 19.9. The Kier molecular flexibility index (Phi) is 13.3. The van der Waals surface area contributed by atoms with Gasteiger partial charge in [-0.3, -0.25) is 0 Å². The number of nitriles is 4. The van der Waals surface area contributed by atoms with E-state index in [9.17, 15) is 21.0 Å². The van der Waals surface area contributed by atoms with Crippen molar-refractivity contribution in [1.29, 1.82) is 21.0 Å². The Hall–Kier alpha value is -12.1. The second kappa shape index (κ2) is 21.9. The molecule has 13 aromatic rings. The molecule has 9 heteroatoms. The molecule has 0 fully saturated rings. The van der Waals surface area contributed by atoms with Crippen molar-refractivity contribution in [2.24, 2.45) is 0 Å². The summed E-state index contributed by atoms with van der Waals surface area (Å²) in [6.07, 6.45) is 0. The SMILES string of the molecule is N#Cc1cccc(-c2cc(-c3cc(C#N)c(-c4ccc(-c5ccc(-n6c7ccc(N(c8ccccc8)c8ccccc8)cc7c7cc(N(c8ccccc8)c8ccccc8)ccc76)cc5)cc4)c(C#N)c3)nc(-c3cccc(C#N)c3)n2)c1. The lowest BCUT2D eigenvalue weighted by molar-refractivity contribution is 1.18. The highest BCUT2D eigenvalue weighted by atomic mass is 15.1. The largest absolute Gasteiger partial charge is 0.310 e. The van der Waals surface area contributed by atoms with E-state index in [1.165, 1.54) is 0 Å². The molecule has 0 N–H and O–H groups in total. The first kappa shape index (κ1) is 50.4. The lowest BCUT2D eigenvalue weighted by Gasteiger charge is -2.26. The molecule has 0 aliphatic heterocycles. The highest BCUT2D eigenvalue weighted by Gasteiger charge is 2.22. The molecule has 0 amide bonds. The molecule has 0 aliphatic carbocycles. The molecule has 0 saturated heterocycles. The quantitative estimate of drug-likeness (QED) is 0.118. The Labute approximate surface area is 480 Å². The first-order chi connectivity index (χ1) is 40.9. The molecule has 0 radical (unpaired) electrons. The van der Waals surface area contributed by atoms with Gasteiger partial charge >= 0.3 is 0 Å². The number of rotatable bonds is 12. The van der Waals surface area contributed by atoms with E-state index < -0.39 is 0 Å². The predicted molar refractivity (Wildman–Crippen MR) is 332 cm³/mol. The van der Waals surface area contributed by atoms with Crippen molar-refractivity contribution in [2.75, 3.05) is 9.80 Å². The third-order valence-corrected chi connectivity index (χ3v) is 14.9. The topological polar surface area (TPSA) is 132 Å². The zero-order valence-corrected chi connectivity index (χ0v) is 44.5. The Morgan fingerprint density at radius 1 is 0.301 bits per heavy atom. The number of aromatic nitrogens is 3. The van der Waals surface area contributed by atoms with E-state index in [-0.39, 0.29) is 0 Å². The summed E-state index contributed by atoms with van der Waals surface area (Å²) < 4.78 is 2.34. The van der Waals surface area contributed by atoms with E-state index in [1.54, 1.807) is 54.6 Å². The molecule has 0 aliphatic rings. The third-order valence-electron chi connectivity index (χ3n) is 14.9. The van der Waals surface area contributed by atoms with Gasteiger partial charge in [0.15, 0.2) is 5.82 Å². The van der Waals surface area contributed by atoms with Crippen LogP contribution < -0.4 is 9.80 Å². The van der Waals surface area contributed by atoms with Gasteiger partial charge in [-0.2, -0.15) is 21.0 Å². The van der Waals surface area contributed by atoms with Gasteiger partial charge in [-0.15, -0.1) is 0 Å². The number of benzene rings is 11. The Morgan fingerprint density at radius 3 is 1.16 bits per heavy atom. The molecular formula is C74H45N9. The average molecular weight is 1060 g/mol. The van der Waals surface area contributed by atoms with Crippen molar-refractivity contribution in [1.82, 2.24) is 14.5 Å². The predicted octanol–water partition coefficient (Wildman–Crippen LogP) is 18.3. The minimum absolute atomic E-state index is 0.307. The zero-order chi connectivity index (χ0) is 56.2. The molecule has 9 nitrogen and oxygen atoms in total. The van der Waals surface area contributed by atoms with Gasteiger partial charge in [0.05, 0.1) is 69.0 Å². The minimum atomic E-state index is 0.307. The third kappa shape index (κ3) is 9.73. The van der Waals surface area contributed by atoms with Crippen LogP contribution in [-0.4, -0.2) is 14.5 Å². The van der Waals surface area contributed by atoms with Crippen LogP contribution >= 0.6 is 0 Å². The van der Waals surface area contributed by atoms with Crippen LogP contribution in [0.1, 0.15) is 22.3 Å². The number of para-hydroxylation sites is 4. The Morgan fingerprint density at radius 2 is 0.711 bits per heavy atom. The molecule has 83 heavy (non-hydrogen) atoms. The summed E-state index contributed by atoms with van der Waals surface area (Å²) in [7, 11) is 0. The average Bonchev–Trinajstić information content (AvgIpc) is 3.70. The maximum atomic E-state index is 10.7. The summed E-state index contributed by atoms with van der Waals surface area (Å²) in [5.74, 6) is 0.351. The maximum absolute atomic E-state index is 10.7. The number of fused-ring (bicyclic) bond motifs is 3. The van der Waals surface area contributed by atoms with Crippen molar-refractivity contribution in [3.63, 3.8) is 0 Å². The molecule has 0 bridgehead atoms. The Balaban J connectivity index is 0.873. The van der Waals surface area contributed by atoms with Crippen LogP contribution in [0.2, 0.25) is 0 Å². The molecule has 2 heterocycles. The van der Waals surface area contributed by atoms with Crippen molar-refractivity contribution >= 4 is 55.9 Å². The van der Waals surface area contributed by atoms with Crippen molar-refractivity contribution in [2.45, 2.75) is 0 Å². The fourth-order valence-corrected chi connectivity index (χ4v) is 11.0. The number of hydrogen-bond donors (Lipinski definition) is 0. The van der Waals surface area contributed by atoms with Gasteiger partial charge in [0.25, 0.3) is 0 Å². The van der Waals surface area contributed by atoms with Crippen LogP contribution in [-0.2, 0) is 0 Å². The number of hydrogen-bond acceptors (Lipinski definition) is 8. The molecule has 11 aromatic carbocycles. The summed E-state index contributed by atoms with van der Waals surface area (Å²) in [6, 6.07) is 100. The van der Waals surface area contributed by atoms with Crippen LogP contribution in [0, 0.1) is 45.3 Å². The minimum Gasteiger partial charge on any atom is -0.310 e. The normalized spacial score (nSPS) is 10.8. The van der Waals surface area contributed by atoms with Gasteiger partial charge < -0.3 is 14.4 Å². The van der Waals surface area contributed by atoms with Gasteiger partial charge in [0.1, 0.15) is 0 Å². The summed E-state index contributed by atoms with van der Waals surface area (Å²) in [6.45, 7) is 0. The Bertz CT molecular complexity index is 4430. The van der Waals surface area contributed by atoms with Gasteiger partial charge in [0.2, 0.25) is 0 Å². The van der Waals surface area contributed by atoms with Gasteiger partial charge in [-0.25, -0.2) is 9.97 Å². The van der Waals surface area contributed by atoms with E-state index in [2.05, 4.69) is 196 Å². The maximum Gasteiger partial charge on any atom is 0.160 e. The molecule has 386 valence electrons. The van der Waals surface area contributed by atoms with Crippen LogP contribution in [0.25, 0.3) is 83.6 Å². The smallest absolute Gasteiger partial charge is 0.160 e. The summed E-state index contributed by atoms with van der Waals surface area (Å²) in [5.41, 5.74) is 17.0. The summed E-state index contributed by atoms with van der Waals surface area (Å²) in [4.78, 5) is 14.4. The van der Waals surface area contributed by atoms with Crippen LogP contribution in [0.3, 0.4) is 0 Å². The van der Waals surface area contributed by atoms with E-state index in [0.29, 0.717) is 61.7 Å². The van der Waals surface area contributed by atoms with Gasteiger partial charge in [0, 0.05) is 72.8 Å². The molecule has 0 spiro atoms. The number of nitrogens with zero attached hydrogens (tertiary/aromatic N) is 9. The van der Waals surface area contributed by atoms with E-state index in [1.807, 2.05) is 60.7 Å². The molecule has 0 atom stereocenters. The lowest BCUT2D eigenvalue weighted by atomic mass is 9.91. The number of anilines is 6. The summed E-state index contributed by atoms with van der Waals surface area (Å²) >= 11 is 0. The van der Waals surface area contributed by atoms with Crippen LogP contribution in [0.15, 0.2) is 273 Å². The molecule has 13 rings (SSSR count). The molecule has 2 aromatic heterocycles. The van der Waals surface area contributed by atoms with Crippen molar-refractivity contribution in [3.8, 4) is 86.1 Å². The van der Waals surface area contributed by atoms with Gasteiger partial charge in [-0.05, 0) is 156 Å². The lowest BCUT2D eigenvalue weighted by Crippen LogP contribution is -2.09. The summed E-state index contributed by atoms with van der Waals surface area (Å²) in [5, 5.41) is 43.1. The van der Waals surface area contributed by atoms with Gasteiger partial charge in [-0.1, -0.05) is 133 Å². The molecule has 0 unspecified atom stereocenters. The van der Waals surface area contributed by atoms with Crippen molar-refractivity contribution in [3.05, 3.63) is 295 Å². The van der Waals surface area contributed by atoms with E-state index >= 15 is 0 Å². The van der Waals surface area contributed by atoms with E-state index in [0.717, 1.165) is 78.3 Å². The highest BCUT2D eigenvalue weighted by Crippen LogP contribution is 2.44. The van der Waals surface area contributed by atoms with Crippen LogP contribution in [0.5, 0.6) is 0 Å². The monoisotopic (exact) mass is 1060 g/mol. The first-order valence-corrected chi connectivity index (χ1v) is 26.9. The standard InChI is InChI=1S/C74H45N9/c75-46-50-15-13-17-55(39-50)69-45-70(80-74(79-69)56-18-14-16-51(40-56)47-76)57-41-58(48-77)73(59(42-57)49-78)54-29-27-52(28-30-54)53-31-33-64(34-32-53)83-71-37-35-65(81(60-19-5-1-6-20-60)61-21-7-2-8-22-61)43-67(71)68-44-66(36-38-72(68)83)82(62-23-9-3-10-24-62)63-25-11-4-12-26-63/h1-45H.